The lowest BCUT2D eigenvalue weighted by Crippen LogP contribution is -2.43. The Morgan fingerprint density at radius 3 is 2.56 bits per heavy atom. The molecule has 4 aliphatic rings. The second-order valence-electron chi connectivity index (χ2n) is 11.6. The van der Waals surface area contributed by atoms with Crippen LogP contribution in [0.2, 0.25) is 0 Å². The van der Waals surface area contributed by atoms with E-state index in [2.05, 4.69) is 32.1 Å². The van der Waals surface area contributed by atoms with Crippen molar-refractivity contribution in [1.29, 1.82) is 0 Å². The number of likely N-dealkylation sites (tertiary alicyclic amines) is 1. The number of piperidine rings is 1. The molecule has 13 heteroatoms. The van der Waals surface area contributed by atoms with E-state index < -0.39 is 30.4 Å². The molecule has 4 heterocycles. The van der Waals surface area contributed by atoms with Crippen LogP contribution in [0.3, 0.4) is 0 Å². The zero-order valence-corrected chi connectivity index (χ0v) is 22.9. The molecule has 41 heavy (non-hydrogen) atoms. The fraction of sp³-hybridized carbons (Fsp3) is 0.679. The number of carbonyl (C=O) groups is 2. The lowest BCUT2D eigenvalue weighted by atomic mass is 9.94. The number of rotatable bonds is 6. The number of hydrogen-bond donors (Lipinski definition) is 4. The summed E-state index contributed by atoms with van der Waals surface area (Å²) in [5.74, 6) is 6.84. The SMILES string of the molecule is Nc1nc(C#CCC2CCN(C(=O)OCC3CCCC3)CC2)nc2c1ncn2[C@@H]1O[C@H](C(=O)NC2CC2)C(O)C1O. The van der Waals surface area contributed by atoms with Gasteiger partial charge in [-0.3, -0.25) is 9.36 Å². The predicted octanol–water partition coefficient (Wildman–Crippen LogP) is 1.09. The smallest absolute Gasteiger partial charge is 0.409 e. The van der Waals surface area contributed by atoms with Gasteiger partial charge in [0.15, 0.2) is 23.8 Å². The third-order valence-corrected chi connectivity index (χ3v) is 8.52. The number of ether oxygens (including phenoxy) is 2. The number of nitrogens with zero attached hydrogens (tertiary/aromatic N) is 5. The molecule has 2 aromatic rings. The average Bonchev–Trinajstić information content (AvgIpc) is 3.32. The van der Waals surface area contributed by atoms with Gasteiger partial charge in [0.1, 0.15) is 17.7 Å². The van der Waals surface area contributed by atoms with Gasteiger partial charge in [-0.1, -0.05) is 18.8 Å². The Labute approximate surface area is 237 Å². The lowest BCUT2D eigenvalue weighted by Gasteiger charge is -2.30. The molecule has 0 bridgehead atoms. The van der Waals surface area contributed by atoms with Crippen LogP contribution in [0.15, 0.2) is 6.33 Å². The Balaban J connectivity index is 1.06. The maximum absolute atomic E-state index is 12.5. The molecule has 6 rings (SSSR count). The molecule has 0 spiro atoms. The van der Waals surface area contributed by atoms with E-state index in [1.54, 1.807) is 4.90 Å². The van der Waals surface area contributed by atoms with Gasteiger partial charge in [0, 0.05) is 25.6 Å². The van der Waals surface area contributed by atoms with E-state index >= 15 is 0 Å². The Morgan fingerprint density at radius 1 is 1.07 bits per heavy atom. The maximum atomic E-state index is 12.5. The highest BCUT2D eigenvalue weighted by Crippen LogP contribution is 2.33. The highest BCUT2D eigenvalue weighted by atomic mass is 16.6. The minimum atomic E-state index is -1.41. The molecule has 13 nitrogen and oxygen atoms in total. The van der Waals surface area contributed by atoms with Crippen LogP contribution in [0, 0.1) is 23.7 Å². The number of nitrogens with two attached hydrogens (primary N) is 1. The van der Waals surface area contributed by atoms with Crippen molar-refractivity contribution in [2.75, 3.05) is 25.4 Å². The molecule has 2 unspecified atom stereocenters. The van der Waals surface area contributed by atoms with Gasteiger partial charge in [0.25, 0.3) is 5.91 Å². The Hall–Kier alpha value is -3.47. The molecular weight excluding hydrogens is 530 g/mol. The van der Waals surface area contributed by atoms with Gasteiger partial charge in [0.2, 0.25) is 5.82 Å². The van der Waals surface area contributed by atoms with Gasteiger partial charge in [0.05, 0.1) is 12.9 Å². The summed E-state index contributed by atoms with van der Waals surface area (Å²) in [6.45, 7) is 1.83. The first-order valence-corrected chi connectivity index (χ1v) is 14.6. The van der Waals surface area contributed by atoms with E-state index in [9.17, 15) is 19.8 Å². The Kier molecular flexibility index (Phi) is 7.96. The minimum absolute atomic E-state index is 0.0903. The molecule has 5 N–H and O–H groups in total. The molecule has 0 aromatic carbocycles. The van der Waals surface area contributed by atoms with Crippen molar-refractivity contribution in [2.24, 2.45) is 11.8 Å². The van der Waals surface area contributed by atoms with E-state index in [4.69, 9.17) is 15.2 Å². The molecule has 2 aromatic heterocycles. The second kappa shape index (κ2) is 11.8. The van der Waals surface area contributed by atoms with Crippen molar-refractivity contribution in [2.45, 2.75) is 88.4 Å². The maximum Gasteiger partial charge on any atom is 0.409 e. The van der Waals surface area contributed by atoms with Crippen LogP contribution in [0.5, 0.6) is 0 Å². The van der Waals surface area contributed by atoms with Crippen LogP contribution in [-0.2, 0) is 14.3 Å². The zero-order valence-electron chi connectivity index (χ0n) is 22.9. The van der Waals surface area contributed by atoms with Gasteiger partial charge in [-0.2, -0.15) is 0 Å². The standard InChI is InChI=1S/C28H37N7O6/c29-24-20-25(35(15-30-20)27-22(37)21(36)23(41-27)26(38)31-18-8-9-18)33-19(32-24)7-3-6-16-10-12-34(13-11-16)28(39)40-14-17-4-1-2-5-17/h15-18,21-23,27,36-37H,1-2,4-6,8-14H2,(H,31,38)(H2,29,32,33)/t21?,22?,23-,27+/m0/s1. The fourth-order valence-corrected chi connectivity index (χ4v) is 5.85. The number of aromatic nitrogens is 4. The molecule has 4 fully saturated rings. The van der Waals surface area contributed by atoms with Gasteiger partial charge in [-0.15, -0.1) is 0 Å². The minimum Gasteiger partial charge on any atom is -0.449 e. The summed E-state index contributed by atoms with van der Waals surface area (Å²) in [5.41, 5.74) is 6.72. The topological polar surface area (TPSA) is 178 Å². The number of imidazole rings is 1. The van der Waals surface area contributed by atoms with E-state index in [0.717, 1.165) is 38.5 Å². The first-order chi connectivity index (χ1) is 19.9. The number of nitrogens with one attached hydrogen (secondary N) is 1. The third-order valence-electron chi connectivity index (χ3n) is 8.52. The van der Waals surface area contributed by atoms with Gasteiger partial charge in [-0.05, 0) is 56.3 Å². The van der Waals surface area contributed by atoms with Crippen molar-refractivity contribution < 1.29 is 29.3 Å². The van der Waals surface area contributed by atoms with Crippen LogP contribution in [0.1, 0.15) is 69.8 Å². The molecule has 2 aliphatic carbocycles. The number of aliphatic hydroxyl groups is 2. The van der Waals surface area contributed by atoms with Crippen molar-refractivity contribution >= 4 is 29.0 Å². The summed E-state index contributed by atoms with van der Waals surface area (Å²) in [7, 11) is 0. The Bertz CT molecular complexity index is 1340. The predicted molar refractivity (Wildman–Crippen MR) is 146 cm³/mol. The summed E-state index contributed by atoms with van der Waals surface area (Å²) in [5, 5.41) is 24.0. The number of carbonyl (C=O) groups excluding carboxylic acids is 2. The monoisotopic (exact) mass is 567 g/mol. The van der Waals surface area contributed by atoms with E-state index in [-0.39, 0.29) is 29.4 Å². The molecule has 2 saturated heterocycles. The normalized spacial score (nSPS) is 27.1. The van der Waals surface area contributed by atoms with Crippen LogP contribution in [-0.4, -0.2) is 90.7 Å². The van der Waals surface area contributed by atoms with Gasteiger partial charge in [-0.25, -0.2) is 19.7 Å². The first-order valence-electron chi connectivity index (χ1n) is 14.6. The van der Waals surface area contributed by atoms with Crippen molar-refractivity contribution in [3.63, 3.8) is 0 Å². The molecule has 0 radical (unpaired) electrons. The number of amides is 2. The zero-order chi connectivity index (χ0) is 28.5. The Morgan fingerprint density at radius 2 is 1.83 bits per heavy atom. The number of hydrogen-bond acceptors (Lipinski definition) is 10. The number of fused-ring (bicyclic) bond motifs is 1. The summed E-state index contributed by atoms with van der Waals surface area (Å²) in [6.07, 6.45) is 4.94. The van der Waals surface area contributed by atoms with Crippen molar-refractivity contribution in [1.82, 2.24) is 29.7 Å². The number of aliphatic hydroxyl groups excluding tert-OH is 2. The second-order valence-corrected chi connectivity index (χ2v) is 11.6. The van der Waals surface area contributed by atoms with Crippen LogP contribution >= 0.6 is 0 Å². The lowest BCUT2D eigenvalue weighted by molar-refractivity contribution is -0.137. The molecule has 2 amide bonds. The van der Waals surface area contributed by atoms with Crippen LogP contribution in [0.25, 0.3) is 11.2 Å². The van der Waals surface area contributed by atoms with E-state index in [1.165, 1.54) is 23.7 Å². The quantitative estimate of drug-likeness (QED) is 0.369. The van der Waals surface area contributed by atoms with Crippen molar-refractivity contribution in [3.8, 4) is 11.8 Å². The third kappa shape index (κ3) is 6.10. The average molecular weight is 568 g/mol. The summed E-state index contributed by atoms with van der Waals surface area (Å²) in [6, 6.07) is 0.0903. The first kappa shape index (κ1) is 27.7. The largest absolute Gasteiger partial charge is 0.449 e. The molecule has 4 atom stereocenters. The van der Waals surface area contributed by atoms with E-state index in [0.29, 0.717) is 43.5 Å². The molecule has 2 aliphatic heterocycles. The van der Waals surface area contributed by atoms with Crippen LogP contribution < -0.4 is 11.1 Å². The molecule has 2 saturated carbocycles. The fourth-order valence-electron chi connectivity index (χ4n) is 5.85. The summed E-state index contributed by atoms with van der Waals surface area (Å²) in [4.78, 5) is 39.7. The number of nitrogen functional groups attached to an aromatic ring is 1. The van der Waals surface area contributed by atoms with Gasteiger partial charge >= 0.3 is 6.09 Å². The van der Waals surface area contributed by atoms with Crippen LogP contribution in [0.4, 0.5) is 10.6 Å². The van der Waals surface area contributed by atoms with E-state index in [1.807, 2.05) is 0 Å². The van der Waals surface area contributed by atoms with Crippen molar-refractivity contribution in [3.05, 3.63) is 12.2 Å². The summed E-state index contributed by atoms with van der Waals surface area (Å²) >= 11 is 0. The highest BCUT2D eigenvalue weighted by molar-refractivity contribution is 5.83. The summed E-state index contributed by atoms with van der Waals surface area (Å²) < 4.78 is 12.8. The van der Waals surface area contributed by atoms with Gasteiger partial charge < -0.3 is 35.6 Å². The molecular formula is C28H37N7O6. The highest BCUT2D eigenvalue weighted by Gasteiger charge is 2.48. The number of anilines is 1. The molecule has 220 valence electrons.